The van der Waals surface area contributed by atoms with Crippen molar-refractivity contribution in [2.45, 2.75) is 18.3 Å². The minimum absolute atomic E-state index is 0.0902. The van der Waals surface area contributed by atoms with Crippen molar-refractivity contribution in [3.8, 4) is 0 Å². The summed E-state index contributed by atoms with van der Waals surface area (Å²) in [5.74, 6) is -1.29. The summed E-state index contributed by atoms with van der Waals surface area (Å²) >= 11 is 13.5. The summed E-state index contributed by atoms with van der Waals surface area (Å²) in [7, 11) is 1.43. The maximum Gasteiger partial charge on any atom is 0.311 e. The van der Waals surface area contributed by atoms with Crippen LogP contribution < -0.4 is 10.2 Å². The SMILES string of the molecule is CNC(=O)C(=O)N1CCC2(C1)CN(C(=O)Cc1ncc(Cl)s1)c1ccc(Cl)cc12. The Morgan fingerprint density at radius 1 is 1.28 bits per heavy atom. The van der Waals surface area contributed by atoms with E-state index in [1.165, 1.54) is 29.5 Å². The monoisotopic (exact) mass is 452 g/mol. The fourth-order valence-corrected chi connectivity index (χ4v) is 5.22. The molecule has 7 nitrogen and oxygen atoms in total. The zero-order valence-corrected chi connectivity index (χ0v) is 17.9. The Kier molecular flexibility index (Phi) is 5.27. The number of nitrogens with zero attached hydrogens (tertiary/aromatic N) is 3. The van der Waals surface area contributed by atoms with Gasteiger partial charge in [-0.05, 0) is 30.2 Å². The van der Waals surface area contributed by atoms with Crippen molar-refractivity contribution in [1.29, 1.82) is 0 Å². The molecular formula is C19H18Cl2N4O3S. The first-order chi connectivity index (χ1) is 13.8. The van der Waals surface area contributed by atoms with Crippen LogP contribution in [-0.2, 0) is 26.2 Å². The summed E-state index contributed by atoms with van der Waals surface area (Å²) < 4.78 is 0.539. The fourth-order valence-electron chi connectivity index (χ4n) is 4.10. The topological polar surface area (TPSA) is 82.6 Å². The zero-order chi connectivity index (χ0) is 20.8. The standard InChI is InChI=1S/C19H18Cl2N4O3S/c1-22-17(27)18(28)24-5-4-19(9-24)10-25(13-3-2-11(20)6-12(13)19)16(26)7-15-23-8-14(21)29-15/h2-3,6,8H,4-5,7,9-10H2,1H3,(H,22,27). The lowest BCUT2D eigenvalue weighted by Crippen LogP contribution is -2.44. The van der Waals surface area contributed by atoms with Crippen molar-refractivity contribution in [2.24, 2.45) is 0 Å². The average Bonchev–Trinajstić information content (AvgIpc) is 3.39. The molecule has 1 aromatic heterocycles. The van der Waals surface area contributed by atoms with Crippen LogP contribution in [0.5, 0.6) is 0 Å². The largest absolute Gasteiger partial charge is 0.351 e. The van der Waals surface area contributed by atoms with Crippen molar-refractivity contribution < 1.29 is 14.4 Å². The van der Waals surface area contributed by atoms with E-state index in [1.807, 2.05) is 12.1 Å². The first-order valence-electron chi connectivity index (χ1n) is 9.04. The molecule has 152 valence electrons. The summed E-state index contributed by atoms with van der Waals surface area (Å²) in [5, 5.41) is 3.59. The number of hydrogen-bond acceptors (Lipinski definition) is 5. The molecule has 1 atom stereocenters. The molecule has 1 spiro atoms. The number of amides is 3. The highest BCUT2D eigenvalue weighted by atomic mass is 35.5. The summed E-state index contributed by atoms with van der Waals surface area (Å²) in [6, 6.07) is 5.45. The van der Waals surface area contributed by atoms with Crippen LogP contribution >= 0.6 is 34.5 Å². The van der Waals surface area contributed by atoms with E-state index in [-0.39, 0.29) is 12.3 Å². The first-order valence-corrected chi connectivity index (χ1v) is 10.6. The van der Waals surface area contributed by atoms with Gasteiger partial charge in [0.25, 0.3) is 0 Å². The number of halogens is 2. The number of benzene rings is 1. The van der Waals surface area contributed by atoms with Gasteiger partial charge in [-0.2, -0.15) is 0 Å². The van der Waals surface area contributed by atoms with Crippen molar-refractivity contribution in [2.75, 3.05) is 31.6 Å². The molecule has 0 bridgehead atoms. The highest BCUT2D eigenvalue weighted by molar-refractivity contribution is 7.15. The molecule has 0 radical (unpaired) electrons. The molecule has 1 unspecified atom stereocenters. The van der Waals surface area contributed by atoms with Crippen molar-refractivity contribution in [3.63, 3.8) is 0 Å². The minimum atomic E-state index is -0.639. The van der Waals surface area contributed by atoms with E-state index in [0.717, 1.165) is 11.3 Å². The number of aromatic nitrogens is 1. The fraction of sp³-hybridized carbons (Fsp3) is 0.368. The van der Waals surface area contributed by atoms with Gasteiger partial charge in [-0.3, -0.25) is 14.4 Å². The van der Waals surface area contributed by atoms with E-state index in [2.05, 4.69) is 10.3 Å². The Morgan fingerprint density at radius 2 is 2.07 bits per heavy atom. The molecule has 4 rings (SSSR count). The Labute approximate surface area is 181 Å². The van der Waals surface area contributed by atoms with Gasteiger partial charge in [0, 0.05) is 42.8 Å². The zero-order valence-electron chi connectivity index (χ0n) is 15.6. The molecule has 29 heavy (non-hydrogen) atoms. The van der Waals surface area contributed by atoms with Gasteiger partial charge in [0.05, 0.1) is 12.6 Å². The molecular weight excluding hydrogens is 435 g/mol. The van der Waals surface area contributed by atoms with Crippen LogP contribution in [0.4, 0.5) is 5.69 Å². The summed E-state index contributed by atoms with van der Waals surface area (Å²) in [6.45, 7) is 1.24. The van der Waals surface area contributed by atoms with Crippen LogP contribution in [0.25, 0.3) is 0 Å². The highest BCUT2D eigenvalue weighted by Crippen LogP contribution is 2.47. The molecule has 2 aromatic rings. The van der Waals surface area contributed by atoms with Gasteiger partial charge >= 0.3 is 11.8 Å². The van der Waals surface area contributed by atoms with Gasteiger partial charge in [-0.1, -0.05) is 23.2 Å². The van der Waals surface area contributed by atoms with Gasteiger partial charge in [0.15, 0.2) is 0 Å². The Hall–Kier alpha value is -2.16. The molecule has 0 saturated carbocycles. The molecule has 3 heterocycles. The number of anilines is 1. The number of likely N-dealkylation sites (tertiary alicyclic amines) is 1. The number of hydrogen-bond donors (Lipinski definition) is 1. The lowest BCUT2D eigenvalue weighted by molar-refractivity contribution is -0.145. The average molecular weight is 453 g/mol. The second-order valence-corrected chi connectivity index (χ2v) is 9.40. The Balaban J connectivity index is 1.62. The van der Waals surface area contributed by atoms with Gasteiger partial charge in [0.1, 0.15) is 9.34 Å². The third kappa shape index (κ3) is 3.60. The molecule has 3 amide bonds. The predicted octanol–water partition coefficient (Wildman–Crippen LogP) is 2.26. The number of carbonyl (C=O) groups excluding carboxylic acids is 3. The highest BCUT2D eigenvalue weighted by Gasteiger charge is 2.50. The van der Waals surface area contributed by atoms with E-state index >= 15 is 0 Å². The third-order valence-corrected chi connectivity index (χ3v) is 6.82. The maximum atomic E-state index is 13.1. The van der Waals surface area contributed by atoms with Crippen LogP contribution in [0.2, 0.25) is 9.36 Å². The lowest BCUT2D eigenvalue weighted by atomic mass is 9.81. The predicted molar refractivity (Wildman–Crippen MR) is 112 cm³/mol. The van der Waals surface area contributed by atoms with Gasteiger partial charge in [-0.15, -0.1) is 11.3 Å². The summed E-state index contributed by atoms with van der Waals surface area (Å²) in [6.07, 6.45) is 2.33. The Bertz CT molecular complexity index is 1010. The van der Waals surface area contributed by atoms with E-state index in [9.17, 15) is 14.4 Å². The molecule has 1 saturated heterocycles. The second kappa shape index (κ2) is 7.59. The number of fused-ring (bicyclic) bond motifs is 2. The normalized spacial score (nSPS) is 20.2. The van der Waals surface area contributed by atoms with Crippen LogP contribution in [0.3, 0.4) is 0 Å². The van der Waals surface area contributed by atoms with Gasteiger partial charge < -0.3 is 15.1 Å². The molecule has 0 aliphatic carbocycles. The Morgan fingerprint density at radius 3 is 2.76 bits per heavy atom. The minimum Gasteiger partial charge on any atom is -0.351 e. The van der Waals surface area contributed by atoms with Crippen LogP contribution in [0.15, 0.2) is 24.4 Å². The molecule has 2 aliphatic heterocycles. The van der Waals surface area contributed by atoms with E-state index in [0.29, 0.717) is 40.4 Å². The van der Waals surface area contributed by atoms with E-state index < -0.39 is 17.2 Å². The van der Waals surface area contributed by atoms with Crippen LogP contribution in [-0.4, -0.2) is 54.3 Å². The molecule has 2 aliphatic rings. The van der Waals surface area contributed by atoms with Gasteiger partial charge in [-0.25, -0.2) is 4.98 Å². The van der Waals surface area contributed by atoms with Crippen LogP contribution in [0.1, 0.15) is 17.0 Å². The number of likely N-dealkylation sites (N-methyl/N-ethyl adjacent to an activating group) is 1. The smallest absolute Gasteiger partial charge is 0.311 e. The molecule has 1 fully saturated rings. The lowest BCUT2D eigenvalue weighted by Gasteiger charge is -2.25. The molecule has 1 N–H and O–H groups in total. The van der Waals surface area contributed by atoms with Crippen molar-refractivity contribution >= 4 is 57.9 Å². The van der Waals surface area contributed by atoms with Crippen molar-refractivity contribution in [1.82, 2.24) is 15.2 Å². The van der Waals surface area contributed by atoms with Crippen molar-refractivity contribution in [3.05, 3.63) is 44.3 Å². The van der Waals surface area contributed by atoms with E-state index in [1.54, 1.807) is 11.0 Å². The second-order valence-electron chi connectivity index (χ2n) is 7.21. The molecule has 1 aromatic carbocycles. The number of nitrogens with one attached hydrogen (secondary N) is 1. The van der Waals surface area contributed by atoms with E-state index in [4.69, 9.17) is 23.2 Å². The first kappa shape index (κ1) is 20.1. The third-order valence-electron chi connectivity index (χ3n) is 5.47. The maximum absolute atomic E-state index is 13.1. The van der Waals surface area contributed by atoms with Crippen LogP contribution in [0, 0.1) is 0 Å². The summed E-state index contributed by atoms with van der Waals surface area (Å²) in [5.41, 5.74) is 1.28. The number of carbonyl (C=O) groups is 3. The van der Waals surface area contributed by atoms with Gasteiger partial charge in [0.2, 0.25) is 5.91 Å². The number of rotatable bonds is 2. The quantitative estimate of drug-likeness (QED) is 0.708. The molecule has 10 heteroatoms. The number of thiazole rings is 1. The summed E-state index contributed by atoms with van der Waals surface area (Å²) in [4.78, 5) is 44.6.